The van der Waals surface area contributed by atoms with Gasteiger partial charge >= 0.3 is 68.6 Å². The first kappa shape index (κ1) is 7.83. The Morgan fingerprint density at radius 3 is 2.33 bits per heavy atom. The maximum absolute atomic E-state index is 2.48. The third kappa shape index (κ3) is 2.10. The third-order valence-corrected chi connectivity index (χ3v) is 4.87. The molecule has 1 rings (SSSR count). The molecule has 0 heterocycles. The summed E-state index contributed by atoms with van der Waals surface area (Å²) in [6, 6.07) is 0. The molecule has 0 aromatic rings. The summed E-state index contributed by atoms with van der Waals surface area (Å²) >= 11 is 0.545. The van der Waals surface area contributed by atoms with Gasteiger partial charge in [0.1, 0.15) is 0 Å². The SMILES string of the molecule is C[I-]CC1(C)CCCC1. The van der Waals surface area contributed by atoms with Crippen LogP contribution in [0.1, 0.15) is 32.6 Å². The summed E-state index contributed by atoms with van der Waals surface area (Å²) in [5, 5.41) is 0. The van der Waals surface area contributed by atoms with E-state index in [9.17, 15) is 0 Å². The summed E-state index contributed by atoms with van der Waals surface area (Å²) in [7, 11) is 0. The number of rotatable bonds is 2. The summed E-state index contributed by atoms with van der Waals surface area (Å²) in [6.45, 7) is 2.48. The van der Waals surface area contributed by atoms with E-state index >= 15 is 0 Å². The fourth-order valence-corrected chi connectivity index (χ4v) is 4.29. The van der Waals surface area contributed by atoms with Gasteiger partial charge in [0.05, 0.1) is 0 Å². The van der Waals surface area contributed by atoms with Crippen molar-refractivity contribution in [2.24, 2.45) is 5.41 Å². The van der Waals surface area contributed by atoms with Gasteiger partial charge in [-0.3, -0.25) is 0 Å². The van der Waals surface area contributed by atoms with E-state index in [1.165, 1.54) is 25.7 Å². The van der Waals surface area contributed by atoms with Gasteiger partial charge in [0.25, 0.3) is 0 Å². The predicted octanol–water partition coefficient (Wildman–Crippen LogP) is -0.714. The zero-order valence-corrected chi connectivity index (χ0v) is 8.57. The van der Waals surface area contributed by atoms with Crippen LogP contribution < -0.4 is 21.2 Å². The Morgan fingerprint density at radius 1 is 1.33 bits per heavy atom. The number of alkyl halides is 2. The molecule has 0 aliphatic heterocycles. The normalized spacial score (nSPS) is 25.1. The molecule has 0 saturated heterocycles. The van der Waals surface area contributed by atoms with E-state index in [4.69, 9.17) is 0 Å². The molecule has 1 aliphatic rings. The molecule has 0 nitrogen and oxygen atoms in total. The van der Waals surface area contributed by atoms with E-state index in [1.807, 2.05) is 0 Å². The summed E-state index contributed by atoms with van der Waals surface area (Å²) in [5.41, 5.74) is 0.794. The molecule has 1 heteroatoms. The molecule has 0 amide bonds. The molecule has 1 aliphatic carbocycles. The molecule has 56 valence electrons. The van der Waals surface area contributed by atoms with Crippen molar-refractivity contribution in [3.63, 3.8) is 0 Å². The van der Waals surface area contributed by atoms with E-state index in [2.05, 4.69) is 11.9 Å². The molecular weight excluding hydrogens is 223 g/mol. The zero-order valence-electron chi connectivity index (χ0n) is 6.41. The molecule has 1 saturated carbocycles. The van der Waals surface area contributed by atoms with Crippen molar-refractivity contribution in [2.45, 2.75) is 32.6 Å². The van der Waals surface area contributed by atoms with Gasteiger partial charge in [-0.25, -0.2) is 0 Å². The van der Waals surface area contributed by atoms with E-state index in [1.54, 1.807) is 4.43 Å². The monoisotopic (exact) mass is 239 g/mol. The first-order valence-electron chi connectivity index (χ1n) is 3.71. The fraction of sp³-hybridized carbons (Fsp3) is 1.00. The van der Waals surface area contributed by atoms with Gasteiger partial charge in [-0.1, -0.05) is 0 Å². The Balaban J connectivity index is 2.32. The molecule has 0 bridgehead atoms. The Labute approximate surface area is 68.7 Å². The molecule has 0 aromatic heterocycles. The Kier molecular flexibility index (Phi) is 2.80. The summed E-state index contributed by atoms with van der Waals surface area (Å²) in [4.78, 5) is 2.41. The van der Waals surface area contributed by atoms with Crippen LogP contribution in [0.2, 0.25) is 0 Å². The van der Waals surface area contributed by atoms with Crippen molar-refractivity contribution in [3.8, 4) is 0 Å². The molecule has 0 atom stereocenters. The fourth-order valence-electron chi connectivity index (χ4n) is 1.68. The molecule has 9 heavy (non-hydrogen) atoms. The van der Waals surface area contributed by atoms with Crippen LogP contribution in [0.25, 0.3) is 0 Å². The Morgan fingerprint density at radius 2 is 1.89 bits per heavy atom. The first-order valence-corrected chi connectivity index (χ1v) is 7.39. The van der Waals surface area contributed by atoms with Crippen LogP contribution in [0.4, 0.5) is 0 Å². The average Bonchev–Trinajstić information content (AvgIpc) is 2.16. The average molecular weight is 239 g/mol. The van der Waals surface area contributed by atoms with Gasteiger partial charge in [-0.15, -0.1) is 0 Å². The van der Waals surface area contributed by atoms with Crippen molar-refractivity contribution in [1.82, 2.24) is 0 Å². The minimum atomic E-state index is 0.545. The van der Waals surface area contributed by atoms with Gasteiger partial charge in [0.2, 0.25) is 0 Å². The number of halogens is 1. The van der Waals surface area contributed by atoms with Crippen LogP contribution in [0.5, 0.6) is 0 Å². The van der Waals surface area contributed by atoms with Crippen LogP contribution in [0, 0.1) is 5.41 Å². The van der Waals surface area contributed by atoms with Crippen LogP contribution in [-0.4, -0.2) is 9.36 Å². The zero-order chi connectivity index (χ0) is 6.74. The summed E-state index contributed by atoms with van der Waals surface area (Å²) in [6.07, 6.45) is 6.03. The predicted molar refractivity (Wildman–Crippen MR) is 37.4 cm³/mol. The Hall–Kier alpha value is 0.730. The third-order valence-electron chi connectivity index (χ3n) is 2.27. The van der Waals surface area contributed by atoms with E-state index in [0.29, 0.717) is 21.2 Å². The quantitative estimate of drug-likeness (QED) is 0.441. The molecule has 0 N–H and O–H groups in total. The molecule has 0 spiro atoms. The number of hydrogen-bond acceptors (Lipinski definition) is 0. The van der Waals surface area contributed by atoms with Gasteiger partial charge in [0, 0.05) is 0 Å². The molecule has 0 aromatic carbocycles. The van der Waals surface area contributed by atoms with Crippen LogP contribution >= 0.6 is 0 Å². The summed E-state index contributed by atoms with van der Waals surface area (Å²) < 4.78 is 1.56. The topological polar surface area (TPSA) is 0 Å². The second-order valence-corrected chi connectivity index (χ2v) is 5.71. The van der Waals surface area contributed by atoms with Crippen molar-refractivity contribution < 1.29 is 21.2 Å². The summed E-state index contributed by atoms with van der Waals surface area (Å²) in [5.74, 6) is 0. The first-order chi connectivity index (χ1) is 4.27. The van der Waals surface area contributed by atoms with Crippen LogP contribution in [0.3, 0.4) is 0 Å². The second-order valence-electron chi connectivity index (χ2n) is 3.42. The molecule has 0 radical (unpaired) electrons. The van der Waals surface area contributed by atoms with Crippen LogP contribution in [0.15, 0.2) is 0 Å². The number of hydrogen-bond donors (Lipinski definition) is 0. The Bertz CT molecular complexity index is 82.6. The second kappa shape index (κ2) is 3.22. The molecular formula is C8H16I-. The van der Waals surface area contributed by atoms with Gasteiger partial charge in [0.15, 0.2) is 0 Å². The van der Waals surface area contributed by atoms with Gasteiger partial charge in [-0.2, -0.15) is 0 Å². The van der Waals surface area contributed by atoms with Crippen molar-refractivity contribution >= 4 is 0 Å². The van der Waals surface area contributed by atoms with E-state index in [-0.39, 0.29) is 0 Å². The molecule has 1 fully saturated rings. The minimum absolute atomic E-state index is 0.545. The van der Waals surface area contributed by atoms with Crippen molar-refractivity contribution in [1.29, 1.82) is 0 Å². The van der Waals surface area contributed by atoms with Crippen LogP contribution in [-0.2, 0) is 0 Å². The molecule has 0 unspecified atom stereocenters. The van der Waals surface area contributed by atoms with Gasteiger partial charge < -0.3 is 0 Å². The maximum atomic E-state index is 2.48. The van der Waals surface area contributed by atoms with E-state index < -0.39 is 0 Å². The standard InChI is InChI=1S/C8H16I/c1-8(7-9-2)5-3-4-6-8/h3-7H2,1-2H3/q-1. The van der Waals surface area contributed by atoms with Crippen molar-refractivity contribution in [3.05, 3.63) is 0 Å². The van der Waals surface area contributed by atoms with Crippen molar-refractivity contribution in [2.75, 3.05) is 9.36 Å². The van der Waals surface area contributed by atoms with Gasteiger partial charge in [-0.05, 0) is 0 Å². The van der Waals surface area contributed by atoms with E-state index in [0.717, 1.165) is 5.41 Å².